The Balaban J connectivity index is 1.68. The summed E-state index contributed by atoms with van der Waals surface area (Å²) < 4.78 is 13.9. The molecule has 124 valence electrons. The summed E-state index contributed by atoms with van der Waals surface area (Å²) in [4.78, 5) is 16.1. The molecule has 2 bridgehead atoms. The van der Waals surface area contributed by atoms with Gasteiger partial charge in [-0.2, -0.15) is 0 Å². The van der Waals surface area contributed by atoms with Crippen molar-refractivity contribution in [2.24, 2.45) is 17.6 Å². The zero-order chi connectivity index (χ0) is 16.0. The number of aromatic nitrogens is 1. The van der Waals surface area contributed by atoms with E-state index in [0.29, 0.717) is 30.2 Å². The standard InChI is InChI=1S/C17H23FN4O/c18-11-6-9-2-1-3-10(7-11)14(9)22-15-12-4-5-20-17(12)21-8-13(15)16(19)23/h8-11,14H,1-7H2,(H2,19,23)(H2,20,21,22)/t9-,10+,11?,14?. The van der Waals surface area contributed by atoms with Crippen molar-refractivity contribution in [3.63, 3.8) is 0 Å². The van der Waals surface area contributed by atoms with Crippen LogP contribution >= 0.6 is 0 Å². The lowest BCUT2D eigenvalue weighted by Crippen LogP contribution is -2.46. The lowest BCUT2D eigenvalue weighted by molar-refractivity contribution is 0.0906. The molecule has 4 atom stereocenters. The molecule has 4 rings (SSSR count). The molecule has 0 saturated heterocycles. The van der Waals surface area contributed by atoms with Gasteiger partial charge in [-0.05, 0) is 43.9 Å². The Kier molecular flexibility index (Phi) is 3.62. The van der Waals surface area contributed by atoms with Gasteiger partial charge in [0.05, 0.1) is 11.3 Å². The Morgan fingerprint density at radius 3 is 2.78 bits per heavy atom. The zero-order valence-electron chi connectivity index (χ0n) is 13.1. The van der Waals surface area contributed by atoms with Crippen LogP contribution in [0.2, 0.25) is 0 Å². The van der Waals surface area contributed by atoms with Crippen LogP contribution in [-0.4, -0.2) is 29.6 Å². The summed E-state index contributed by atoms with van der Waals surface area (Å²) in [5, 5.41) is 6.84. The average molecular weight is 318 g/mol. The van der Waals surface area contributed by atoms with Crippen LogP contribution in [0.1, 0.15) is 48.0 Å². The topological polar surface area (TPSA) is 80.0 Å². The summed E-state index contributed by atoms with van der Waals surface area (Å²) in [6.45, 7) is 0.823. The Morgan fingerprint density at radius 2 is 2.09 bits per heavy atom. The second-order valence-electron chi connectivity index (χ2n) is 7.10. The third-order valence-electron chi connectivity index (χ3n) is 5.71. The second-order valence-corrected chi connectivity index (χ2v) is 7.10. The minimum Gasteiger partial charge on any atom is -0.381 e. The molecule has 0 aromatic carbocycles. The van der Waals surface area contributed by atoms with Crippen LogP contribution in [0, 0.1) is 11.8 Å². The van der Waals surface area contributed by atoms with Crippen LogP contribution in [0.25, 0.3) is 0 Å². The van der Waals surface area contributed by atoms with Gasteiger partial charge in [0.15, 0.2) is 0 Å². The molecule has 4 N–H and O–H groups in total. The summed E-state index contributed by atoms with van der Waals surface area (Å²) in [5.74, 6) is 1.06. The van der Waals surface area contributed by atoms with Gasteiger partial charge in [-0.1, -0.05) is 6.42 Å². The van der Waals surface area contributed by atoms with E-state index in [1.165, 1.54) is 6.42 Å². The summed E-state index contributed by atoms with van der Waals surface area (Å²) in [6.07, 6.45) is 6.27. The van der Waals surface area contributed by atoms with Gasteiger partial charge in [-0.3, -0.25) is 4.79 Å². The molecule has 2 fully saturated rings. The molecule has 3 aliphatic rings. The maximum Gasteiger partial charge on any atom is 0.252 e. The highest BCUT2D eigenvalue weighted by Crippen LogP contribution is 2.44. The molecule has 2 saturated carbocycles. The van der Waals surface area contributed by atoms with E-state index in [-0.39, 0.29) is 6.04 Å². The number of nitrogens with zero attached hydrogens (tertiary/aromatic N) is 1. The monoisotopic (exact) mass is 318 g/mol. The zero-order valence-corrected chi connectivity index (χ0v) is 13.1. The van der Waals surface area contributed by atoms with Crippen molar-refractivity contribution in [1.29, 1.82) is 0 Å². The third-order valence-corrected chi connectivity index (χ3v) is 5.71. The van der Waals surface area contributed by atoms with Crippen LogP contribution in [-0.2, 0) is 6.42 Å². The van der Waals surface area contributed by atoms with E-state index in [1.54, 1.807) is 6.20 Å². The number of primary amides is 1. The second kappa shape index (κ2) is 5.65. The van der Waals surface area contributed by atoms with E-state index in [2.05, 4.69) is 15.6 Å². The summed E-state index contributed by atoms with van der Waals surface area (Å²) in [5.41, 5.74) is 7.87. The highest BCUT2D eigenvalue weighted by molar-refractivity contribution is 6.00. The Labute approximate surface area is 135 Å². The molecule has 23 heavy (non-hydrogen) atoms. The van der Waals surface area contributed by atoms with Crippen molar-refractivity contribution >= 4 is 17.4 Å². The molecule has 1 aromatic rings. The number of hydrogen-bond donors (Lipinski definition) is 3. The van der Waals surface area contributed by atoms with Crippen molar-refractivity contribution in [3.05, 3.63) is 17.3 Å². The number of nitrogens with one attached hydrogen (secondary N) is 2. The minimum absolute atomic E-state index is 0.237. The van der Waals surface area contributed by atoms with Gasteiger partial charge >= 0.3 is 0 Å². The number of rotatable bonds is 3. The number of carbonyl (C=O) groups excluding carboxylic acids is 1. The predicted octanol–water partition coefficient (Wildman–Crippen LogP) is 2.48. The first-order chi connectivity index (χ1) is 11.1. The summed E-state index contributed by atoms with van der Waals surface area (Å²) >= 11 is 0. The molecular weight excluding hydrogens is 295 g/mol. The molecule has 1 amide bonds. The van der Waals surface area contributed by atoms with Crippen molar-refractivity contribution in [2.75, 3.05) is 17.2 Å². The van der Waals surface area contributed by atoms with Crippen LogP contribution in [0.3, 0.4) is 0 Å². The predicted molar refractivity (Wildman–Crippen MR) is 87.3 cm³/mol. The maximum atomic E-state index is 13.9. The molecule has 5 nitrogen and oxygen atoms in total. The number of carbonyl (C=O) groups is 1. The average Bonchev–Trinajstić information content (AvgIpc) is 2.97. The van der Waals surface area contributed by atoms with Crippen LogP contribution < -0.4 is 16.4 Å². The van der Waals surface area contributed by atoms with E-state index in [0.717, 1.165) is 42.9 Å². The number of anilines is 2. The molecular formula is C17H23FN4O. The van der Waals surface area contributed by atoms with E-state index >= 15 is 0 Å². The van der Waals surface area contributed by atoms with E-state index in [9.17, 15) is 9.18 Å². The maximum absolute atomic E-state index is 13.9. The van der Waals surface area contributed by atoms with E-state index in [1.807, 2.05) is 0 Å². The number of amides is 1. The highest BCUT2D eigenvalue weighted by atomic mass is 19.1. The summed E-state index contributed by atoms with van der Waals surface area (Å²) in [6, 6.07) is 0.237. The van der Waals surface area contributed by atoms with Crippen molar-refractivity contribution in [3.8, 4) is 0 Å². The van der Waals surface area contributed by atoms with Crippen LogP contribution in [0.4, 0.5) is 15.9 Å². The van der Waals surface area contributed by atoms with Gasteiger partial charge in [0, 0.05) is 24.3 Å². The van der Waals surface area contributed by atoms with E-state index in [4.69, 9.17) is 5.73 Å². The van der Waals surface area contributed by atoms with Crippen molar-refractivity contribution < 1.29 is 9.18 Å². The largest absolute Gasteiger partial charge is 0.381 e. The number of halogens is 1. The van der Waals surface area contributed by atoms with Crippen molar-refractivity contribution in [1.82, 2.24) is 4.98 Å². The molecule has 2 heterocycles. The van der Waals surface area contributed by atoms with Gasteiger partial charge in [0.2, 0.25) is 0 Å². The highest BCUT2D eigenvalue weighted by Gasteiger charge is 2.41. The first kappa shape index (κ1) is 14.7. The quantitative estimate of drug-likeness (QED) is 0.800. The van der Waals surface area contributed by atoms with Crippen molar-refractivity contribution in [2.45, 2.75) is 50.7 Å². The smallest absolute Gasteiger partial charge is 0.252 e. The fourth-order valence-corrected chi connectivity index (χ4v) is 4.68. The Morgan fingerprint density at radius 1 is 1.35 bits per heavy atom. The number of pyridine rings is 1. The van der Waals surface area contributed by atoms with E-state index < -0.39 is 12.1 Å². The summed E-state index contributed by atoms with van der Waals surface area (Å²) in [7, 11) is 0. The number of hydrogen-bond acceptors (Lipinski definition) is 4. The first-order valence-corrected chi connectivity index (χ1v) is 8.59. The van der Waals surface area contributed by atoms with Gasteiger partial charge in [0.25, 0.3) is 5.91 Å². The molecule has 2 unspecified atom stereocenters. The lowest BCUT2D eigenvalue weighted by Gasteiger charge is -2.45. The number of fused-ring (bicyclic) bond motifs is 3. The number of alkyl halides is 1. The van der Waals surface area contributed by atoms with Crippen LogP contribution in [0.15, 0.2) is 6.20 Å². The Bertz CT molecular complexity index is 621. The SMILES string of the molecule is NC(=O)c1cnc2c(c1NC1[C@@H]3CCC[C@H]1CC(F)C3)CCN2. The fourth-order valence-electron chi connectivity index (χ4n) is 4.68. The normalized spacial score (nSPS) is 32.0. The van der Waals surface area contributed by atoms with Crippen LogP contribution in [0.5, 0.6) is 0 Å². The molecule has 0 radical (unpaired) electrons. The lowest BCUT2D eigenvalue weighted by atomic mass is 9.67. The third kappa shape index (κ3) is 2.54. The number of nitrogens with two attached hydrogens (primary N) is 1. The molecule has 2 aliphatic carbocycles. The Hall–Kier alpha value is -1.85. The minimum atomic E-state index is -0.677. The van der Waals surface area contributed by atoms with Gasteiger partial charge in [-0.15, -0.1) is 0 Å². The first-order valence-electron chi connectivity index (χ1n) is 8.59. The molecule has 1 aromatic heterocycles. The van der Waals surface area contributed by atoms with Gasteiger partial charge < -0.3 is 16.4 Å². The molecule has 0 spiro atoms. The fraction of sp³-hybridized carbons (Fsp3) is 0.647. The molecule has 1 aliphatic heterocycles. The van der Waals surface area contributed by atoms with Gasteiger partial charge in [-0.25, -0.2) is 9.37 Å². The van der Waals surface area contributed by atoms with Gasteiger partial charge in [0.1, 0.15) is 12.0 Å². The molecule has 6 heteroatoms.